The second kappa shape index (κ2) is 14.7. The zero-order valence-electron chi connectivity index (χ0n) is 28.1. The Bertz CT molecular complexity index is 1550. The van der Waals surface area contributed by atoms with Gasteiger partial charge in [-0.25, -0.2) is 9.78 Å². The van der Waals surface area contributed by atoms with Crippen LogP contribution in [0.1, 0.15) is 83.8 Å². The molecule has 1 aliphatic rings. The zero-order chi connectivity index (χ0) is 33.6. The number of carbonyl (C=O) groups is 3. The third-order valence-electron chi connectivity index (χ3n) is 7.69. The molecule has 0 radical (unpaired) electrons. The summed E-state index contributed by atoms with van der Waals surface area (Å²) < 4.78 is 12.3. The first-order valence-corrected chi connectivity index (χ1v) is 15.7. The average molecular weight is 631 g/mol. The Morgan fingerprint density at radius 2 is 1.76 bits per heavy atom. The topological polar surface area (TPSA) is 126 Å². The number of hydrogen-bond acceptors (Lipinski definition) is 8. The summed E-state index contributed by atoms with van der Waals surface area (Å²) in [5.41, 5.74) is 3.21. The van der Waals surface area contributed by atoms with Gasteiger partial charge in [0.1, 0.15) is 17.2 Å². The number of ether oxygens (including phenoxy) is 2. The third kappa shape index (κ3) is 8.81. The van der Waals surface area contributed by atoms with Gasteiger partial charge in [-0.2, -0.15) is 0 Å². The summed E-state index contributed by atoms with van der Waals surface area (Å²) in [5.74, 6) is 0.0842. The van der Waals surface area contributed by atoms with Gasteiger partial charge in [-0.05, 0) is 96.3 Å². The number of aryl methyl sites for hydroxylation is 3. The Labute approximate surface area is 271 Å². The minimum Gasteiger partial charge on any atom is -0.482 e. The van der Waals surface area contributed by atoms with E-state index in [4.69, 9.17) is 9.47 Å². The molecule has 3 amide bonds. The van der Waals surface area contributed by atoms with E-state index in [0.717, 1.165) is 11.1 Å². The Morgan fingerprint density at radius 1 is 1.00 bits per heavy atom. The van der Waals surface area contributed by atoms with Crippen LogP contribution in [0.2, 0.25) is 0 Å². The summed E-state index contributed by atoms with van der Waals surface area (Å²) in [6, 6.07) is 10.8. The van der Waals surface area contributed by atoms with Crippen molar-refractivity contribution in [2.24, 2.45) is 0 Å². The van der Waals surface area contributed by atoms with Crippen LogP contribution in [0.15, 0.2) is 48.8 Å². The van der Waals surface area contributed by atoms with Crippen molar-refractivity contribution >= 4 is 23.7 Å². The van der Waals surface area contributed by atoms with Crippen LogP contribution < -0.4 is 15.4 Å². The molecular formula is C35H46N6O5. The van der Waals surface area contributed by atoms with Crippen molar-refractivity contribution in [1.82, 2.24) is 25.1 Å². The van der Waals surface area contributed by atoms with Crippen LogP contribution in [-0.4, -0.2) is 82.0 Å². The van der Waals surface area contributed by atoms with Gasteiger partial charge in [0, 0.05) is 56.7 Å². The van der Waals surface area contributed by atoms with Gasteiger partial charge in [-0.3, -0.25) is 19.5 Å². The lowest BCUT2D eigenvalue weighted by atomic mass is 10.0. The first-order chi connectivity index (χ1) is 21.8. The van der Waals surface area contributed by atoms with Gasteiger partial charge in [0.05, 0.1) is 11.3 Å². The molecule has 3 aromatic rings. The van der Waals surface area contributed by atoms with E-state index in [9.17, 15) is 14.4 Å². The molecule has 0 unspecified atom stereocenters. The number of aromatic nitrogens is 2. The molecule has 1 saturated heterocycles. The van der Waals surface area contributed by atoms with E-state index < -0.39 is 11.7 Å². The summed E-state index contributed by atoms with van der Waals surface area (Å²) in [7, 11) is 0. The minimum absolute atomic E-state index is 0.0797. The van der Waals surface area contributed by atoms with E-state index in [0.29, 0.717) is 61.1 Å². The summed E-state index contributed by atoms with van der Waals surface area (Å²) in [6.07, 6.45) is 2.54. The van der Waals surface area contributed by atoms with Crippen molar-refractivity contribution in [3.05, 3.63) is 82.3 Å². The van der Waals surface area contributed by atoms with Crippen molar-refractivity contribution in [3.63, 3.8) is 0 Å². The Hall–Kier alpha value is -4.51. The molecule has 1 fully saturated rings. The molecule has 2 N–H and O–H groups in total. The van der Waals surface area contributed by atoms with Crippen LogP contribution in [0.25, 0.3) is 0 Å². The maximum atomic E-state index is 13.4. The van der Waals surface area contributed by atoms with Crippen molar-refractivity contribution < 1.29 is 23.9 Å². The van der Waals surface area contributed by atoms with Gasteiger partial charge in [0.25, 0.3) is 11.8 Å². The molecule has 246 valence electrons. The van der Waals surface area contributed by atoms with E-state index >= 15 is 0 Å². The van der Waals surface area contributed by atoms with Crippen LogP contribution in [-0.2, 0) is 4.74 Å². The Balaban J connectivity index is 1.62. The predicted molar refractivity (Wildman–Crippen MR) is 177 cm³/mol. The highest BCUT2D eigenvalue weighted by atomic mass is 16.6. The van der Waals surface area contributed by atoms with E-state index in [1.807, 2.05) is 73.6 Å². The number of rotatable bonds is 9. The molecule has 0 bridgehead atoms. The predicted octanol–water partition coefficient (Wildman–Crippen LogP) is 5.47. The zero-order valence-corrected chi connectivity index (χ0v) is 28.1. The highest BCUT2D eigenvalue weighted by molar-refractivity contribution is 6.07. The summed E-state index contributed by atoms with van der Waals surface area (Å²) in [6.45, 7) is 17.7. The lowest BCUT2D eigenvalue weighted by Gasteiger charge is -2.41. The van der Waals surface area contributed by atoms with Crippen molar-refractivity contribution in [1.29, 1.82) is 0 Å². The molecule has 11 heteroatoms. The molecule has 1 aromatic carbocycles. The van der Waals surface area contributed by atoms with Crippen molar-refractivity contribution in [2.75, 3.05) is 38.0 Å². The van der Waals surface area contributed by atoms with Crippen LogP contribution in [0.5, 0.6) is 5.75 Å². The number of amides is 3. The smallest absolute Gasteiger partial charge is 0.410 e. The second-order valence-electron chi connectivity index (χ2n) is 12.8. The standard InChI is InChI=1S/C35H46N6O5/c1-9-36-32(42)27-18-26(33(43)39-31-23(3)11-10-14-37-31)24(4)17-29(27)45-30(28-13-12-22(2)19-38-28)21-40-15-16-41(25(5)20-40)34(44)46-35(6,7)8/h10-14,17-19,25,30H,9,15-16,20-21H2,1-8H3,(H,36,42)(H,37,39,43)/t25-,30-/m1/s1. The number of nitrogens with zero attached hydrogens (tertiary/aromatic N) is 4. The van der Waals surface area contributed by atoms with Crippen LogP contribution >= 0.6 is 0 Å². The number of anilines is 1. The molecule has 2 aromatic heterocycles. The molecule has 2 atom stereocenters. The van der Waals surface area contributed by atoms with Crippen LogP contribution in [0.3, 0.4) is 0 Å². The lowest BCUT2D eigenvalue weighted by molar-refractivity contribution is -0.00317. The third-order valence-corrected chi connectivity index (χ3v) is 7.69. The van der Waals surface area contributed by atoms with Gasteiger partial charge in [0.15, 0.2) is 6.10 Å². The molecule has 0 saturated carbocycles. The minimum atomic E-state index is -0.572. The van der Waals surface area contributed by atoms with E-state index in [1.165, 1.54) is 0 Å². The fourth-order valence-electron chi connectivity index (χ4n) is 5.29. The van der Waals surface area contributed by atoms with Gasteiger partial charge in [0.2, 0.25) is 0 Å². The molecule has 11 nitrogen and oxygen atoms in total. The maximum absolute atomic E-state index is 13.4. The van der Waals surface area contributed by atoms with Crippen LogP contribution in [0.4, 0.5) is 10.6 Å². The molecular weight excluding hydrogens is 584 g/mol. The van der Waals surface area contributed by atoms with Crippen molar-refractivity contribution in [2.45, 2.75) is 73.1 Å². The van der Waals surface area contributed by atoms with E-state index in [2.05, 4.69) is 25.5 Å². The Morgan fingerprint density at radius 3 is 2.39 bits per heavy atom. The summed E-state index contributed by atoms with van der Waals surface area (Å²) in [5, 5.41) is 5.71. The van der Waals surface area contributed by atoms with E-state index in [1.54, 1.807) is 35.5 Å². The van der Waals surface area contributed by atoms with Gasteiger partial charge >= 0.3 is 6.09 Å². The lowest BCUT2D eigenvalue weighted by Crippen LogP contribution is -2.55. The second-order valence-corrected chi connectivity index (χ2v) is 12.8. The van der Waals surface area contributed by atoms with E-state index in [-0.39, 0.29) is 29.5 Å². The summed E-state index contributed by atoms with van der Waals surface area (Å²) in [4.78, 5) is 52.5. The average Bonchev–Trinajstić information content (AvgIpc) is 2.97. The highest BCUT2D eigenvalue weighted by Gasteiger charge is 2.33. The molecule has 3 heterocycles. The summed E-state index contributed by atoms with van der Waals surface area (Å²) >= 11 is 0. The number of pyridine rings is 2. The molecule has 1 aliphatic heterocycles. The molecule has 0 aliphatic carbocycles. The normalized spacial score (nSPS) is 16.0. The first kappa shape index (κ1) is 34.4. The number of piperazine rings is 1. The van der Waals surface area contributed by atoms with Crippen molar-refractivity contribution in [3.8, 4) is 5.75 Å². The fraction of sp³-hybridized carbons (Fsp3) is 0.457. The number of benzene rings is 1. The van der Waals surface area contributed by atoms with Gasteiger partial charge < -0.3 is 25.0 Å². The first-order valence-electron chi connectivity index (χ1n) is 15.7. The number of carbonyl (C=O) groups excluding carboxylic acids is 3. The van der Waals surface area contributed by atoms with Gasteiger partial charge in [-0.15, -0.1) is 0 Å². The monoisotopic (exact) mass is 630 g/mol. The fourth-order valence-corrected chi connectivity index (χ4v) is 5.29. The number of nitrogens with one attached hydrogen (secondary N) is 2. The molecule has 0 spiro atoms. The molecule has 46 heavy (non-hydrogen) atoms. The maximum Gasteiger partial charge on any atom is 0.410 e. The van der Waals surface area contributed by atoms with Gasteiger partial charge in [-0.1, -0.05) is 12.1 Å². The quantitative estimate of drug-likeness (QED) is 0.319. The SMILES string of the molecule is CCNC(=O)c1cc(C(=O)Nc2ncccc2C)c(C)cc1O[C@H](CN1CCN(C(=O)OC(C)(C)C)[C@H](C)C1)c1ccc(C)cn1. The highest BCUT2D eigenvalue weighted by Crippen LogP contribution is 2.30. The largest absolute Gasteiger partial charge is 0.482 e. The van der Waals surface area contributed by atoms with Crippen LogP contribution in [0, 0.1) is 20.8 Å². The Kier molecular flexibility index (Phi) is 11.0. The molecule has 4 rings (SSSR count). The number of hydrogen-bond donors (Lipinski definition) is 2.